The van der Waals surface area contributed by atoms with Crippen molar-refractivity contribution in [1.29, 1.82) is 0 Å². The third kappa shape index (κ3) is 3.98. The van der Waals surface area contributed by atoms with E-state index in [2.05, 4.69) is 17.1 Å². The lowest BCUT2D eigenvalue weighted by atomic mass is 10.00. The number of hydrogen-bond donors (Lipinski definition) is 1. The second-order valence-electron chi connectivity index (χ2n) is 5.97. The minimum absolute atomic E-state index is 0.386. The van der Waals surface area contributed by atoms with Crippen LogP contribution in [-0.4, -0.2) is 36.0 Å². The fourth-order valence-electron chi connectivity index (χ4n) is 3.26. The predicted octanol–water partition coefficient (Wildman–Crippen LogP) is 2.70. The van der Waals surface area contributed by atoms with Crippen molar-refractivity contribution in [2.24, 2.45) is 0 Å². The van der Waals surface area contributed by atoms with Crippen LogP contribution in [0, 0.1) is 0 Å². The Morgan fingerprint density at radius 2 is 2.00 bits per heavy atom. The Morgan fingerprint density at radius 1 is 1.17 bits per heavy atom. The molecule has 1 amide bonds. The van der Waals surface area contributed by atoms with Crippen LogP contribution in [0.25, 0.3) is 0 Å². The van der Waals surface area contributed by atoms with Crippen molar-refractivity contribution in [3.63, 3.8) is 0 Å². The molecule has 3 heteroatoms. The number of piperidine rings is 1. The van der Waals surface area contributed by atoms with Crippen molar-refractivity contribution < 1.29 is 4.79 Å². The largest absolute Gasteiger partial charge is 0.340 e. The highest BCUT2D eigenvalue weighted by Crippen LogP contribution is 2.19. The van der Waals surface area contributed by atoms with E-state index in [-0.39, 0.29) is 0 Å². The number of nitrogens with one attached hydrogen (secondary N) is 1. The molecule has 18 heavy (non-hydrogen) atoms. The molecule has 2 aliphatic heterocycles. The Morgan fingerprint density at radius 3 is 2.78 bits per heavy atom. The summed E-state index contributed by atoms with van der Waals surface area (Å²) in [6.45, 7) is 4.33. The molecule has 104 valence electrons. The van der Waals surface area contributed by atoms with E-state index in [9.17, 15) is 4.79 Å². The maximum absolute atomic E-state index is 12.3. The number of rotatable bonds is 3. The van der Waals surface area contributed by atoms with Crippen molar-refractivity contribution in [3.05, 3.63) is 0 Å². The van der Waals surface area contributed by atoms with Crippen LogP contribution in [0.3, 0.4) is 0 Å². The minimum atomic E-state index is 0.386. The Bertz CT molecular complexity index is 261. The molecule has 0 bridgehead atoms. The maximum Gasteiger partial charge on any atom is 0.222 e. The molecule has 0 aromatic heterocycles. The van der Waals surface area contributed by atoms with Crippen LogP contribution in [0.4, 0.5) is 0 Å². The summed E-state index contributed by atoms with van der Waals surface area (Å²) < 4.78 is 0. The number of hydrogen-bond acceptors (Lipinski definition) is 2. The van der Waals surface area contributed by atoms with E-state index in [0.717, 1.165) is 25.9 Å². The van der Waals surface area contributed by atoms with Gasteiger partial charge in [0.15, 0.2) is 0 Å². The standard InChI is InChI=1S/C15H28N2O/c1-13-7-3-2-6-12-17(13)15(18)10-9-14-8-4-5-11-16-14/h13-14,16H,2-12H2,1H3. The molecular formula is C15H28N2O. The first-order chi connectivity index (χ1) is 8.77. The lowest BCUT2D eigenvalue weighted by Gasteiger charge is -2.29. The van der Waals surface area contributed by atoms with Crippen LogP contribution in [-0.2, 0) is 4.79 Å². The van der Waals surface area contributed by atoms with Gasteiger partial charge in [-0.15, -0.1) is 0 Å². The fraction of sp³-hybridized carbons (Fsp3) is 0.933. The van der Waals surface area contributed by atoms with Crippen LogP contribution >= 0.6 is 0 Å². The third-order valence-electron chi connectivity index (χ3n) is 4.49. The van der Waals surface area contributed by atoms with Crippen molar-refractivity contribution in [2.75, 3.05) is 13.1 Å². The Balaban J connectivity index is 1.75. The highest BCUT2D eigenvalue weighted by Gasteiger charge is 2.22. The van der Waals surface area contributed by atoms with Gasteiger partial charge < -0.3 is 10.2 Å². The number of carbonyl (C=O) groups is 1. The summed E-state index contributed by atoms with van der Waals surface area (Å²) in [6, 6.07) is 1.05. The molecule has 2 fully saturated rings. The van der Waals surface area contributed by atoms with Gasteiger partial charge in [0.2, 0.25) is 5.91 Å². The van der Waals surface area contributed by atoms with E-state index in [0.29, 0.717) is 18.0 Å². The first-order valence-corrected chi connectivity index (χ1v) is 7.80. The molecule has 2 atom stereocenters. The summed E-state index contributed by atoms with van der Waals surface area (Å²) in [5.41, 5.74) is 0. The molecule has 2 saturated heterocycles. The number of nitrogens with zero attached hydrogens (tertiary/aromatic N) is 1. The van der Waals surface area contributed by atoms with Crippen LogP contribution in [0.5, 0.6) is 0 Å². The van der Waals surface area contributed by atoms with Gasteiger partial charge >= 0.3 is 0 Å². The monoisotopic (exact) mass is 252 g/mol. The number of carbonyl (C=O) groups excluding carboxylic acids is 1. The van der Waals surface area contributed by atoms with Crippen molar-refractivity contribution in [2.45, 2.75) is 76.8 Å². The summed E-state index contributed by atoms with van der Waals surface area (Å²) in [4.78, 5) is 14.4. The molecule has 2 heterocycles. The maximum atomic E-state index is 12.3. The molecule has 1 N–H and O–H groups in total. The minimum Gasteiger partial charge on any atom is -0.340 e. The highest BCUT2D eigenvalue weighted by atomic mass is 16.2. The van der Waals surface area contributed by atoms with Gasteiger partial charge in [0.25, 0.3) is 0 Å². The molecule has 0 aromatic carbocycles. The van der Waals surface area contributed by atoms with Gasteiger partial charge in [0.05, 0.1) is 0 Å². The molecule has 0 aliphatic carbocycles. The summed E-state index contributed by atoms with van der Waals surface area (Å²) in [7, 11) is 0. The van der Waals surface area contributed by atoms with Crippen LogP contribution in [0.1, 0.15) is 64.7 Å². The van der Waals surface area contributed by atoms with Crippen LogP contribution in [0.15, 0.2) is 0 Å². The molecule has 0 spiro atoms. The zero-order valence-corrected chi connectivity index (χ0v) is 11.8. The molecular weight excluding hydrogens is 224 g/mol. The van der Waals surface area contributed by atoms with Gasteiger partial charge in [0, 0.05) is 25.0 Å². The Kier molecular flexibility index (Phi) is 5.48. The van der Waals surface area contributed by atoms with Gasteiger partial charge in [-0.25, -0.2) is 0 Å². The first-order valence-electron chi connectivity index (χ1n) is 7.80. The van der Waals surface area contributed by atoms with Gasteiger partial charge in [-0.3, -0.25) is 4.79 Å². The predicted molar refractivity (Wildman–Crippen MR) is 74.5 cm³/mol. The van der Waals surface area contributed by atoms with E-state index in [1.165, 1.54) is 44.9 Å². The molecule has 2 aliphatic rings. The molecule has 2 unspecified atom stereocenters. The summed E-state index contributed by atoms with van der Waals surface area (Å²) >= 11 is 0. The van der Waals surface area contributed by atoms with E-state index in [1.54, 1.807) is 0 Å². The average molecular weight is 252 g/mol. The average Bonchev–Trinajstić information content (AvgIpc) is 2.62. The highest BCUT2D eigenvalue weighted by molar-refractivity contribution is 5.76. The second-order valence-corrected chi connectivity index (χ2v) is 5.97. The lowest BCUT2D eigenvalue weighted by molar-refractivity contribution is -0.133. The van der Waals surface area contributed by atoms with E-state index < -0.39 is 0 Å². The van der Waals surface area contributed by atoms with Crippen LogP contribution < -0.4 is 5.32 Å². The van der Waals surface area contributed by atoms with E-state index >= 15 is 0 Å². The fourth-order valence-corrected chi connectivity index (χ4v) is 3.26. The topological polar surface area (TPSA) is 32.3 Å². The quantitative estimate of drug-likeness (QED) is 0.837. The van der Waals surface area contributed by atoms with Gasteiger partial charge in [-0.1, -0.05) is 19.3 Å². The molecule has 0 aromatic rings. The Hall–Kier alpha value is -0.570. The summed E-state index contributed by atoms with van der Waals surface area (Å²) in [5, 5.41) is 3.53. The van der Waals surface area contributed by atoms with Gasteiger partial charge in [0.1, 0.15) is 0 Å². The zero-order valence-electron chi connectivity index (χ0n) is 11.8. The van der Waals surface area contributed by atoms with Crippen molar-refractivity contribution in [3.8, 4) is 0 Å². The summed E-state index contributed by atoms with van der Waals surface area (Å²) in [6.07, 6.45) is 10.6. The molecule has 2 rings (SSSR count). The molecule has 3 nitrogen and oxygen atoms in total. The number of likely N-dealkylation sites (tertiary alicyclic amines) is 1. The van der Waals surface area contributed by atoms with E-state index in [4.69, 9.17) is 0 Å². The van der Waals surface area contributed by atoms with Gasteiger partial charge in [-0.2, -0.15) is 0 Å². The smallest absolute Gasteiger partial charge is 0.222 e. The third-order valence-corrected chi connectivity index (χ3v) is 4.49. The van der Waals surface area contributed by atoms with Crippen molar-refractivity contribution >= 4 is 5.91 Å². The molecule has 0 saturated carbocycles. The number of amides is 1. The Labute approximate surface area is 111 Å². The van der Waals surface area contributed by atoms with E-state index in [1.807, 2.05) is 0 Å². The molecule has 0 radical (unpaired) electrons. The first kappa shape index (κ1) is 13.9. The second kappa shape index (κ2) is 7.13. The SMILES string of the molecule is CC1CCCCCN1C(=O)CCC1CCCCN1. The van der Waals surface area contributed by atoms with Gasteiger partial charge in [-0.05, 0) is 45.6 Å². The van der Waals surface area contributed by atoms with Crippen molar-refractivity contribution in [1.82, 2.24) is 10.2 Å². The summed E-state index contributed by atoms with van der Waals surface area (Å²) in [5.74, 6) is 0.386. The zero-order chi connectivity index (χ0) is 12.8. The normalized spacial score (nSPS) is 29.9. The lowest BCUT2D eigenvalue weighted by Crippen LogP contribution is -2.40. The van der Waals surface area contributed by atoms with Crippen LogP contribution in [0.2, 0.25) is 0 Å².